The highest BCUT2D eigenvalue weighted by molar-refractivity contribution is 5.29. The van der Waals surface area contributed by atoms with Crippen molar-refractivity contribution in [3.8, 4) is 0 Å². The second kappa shape index (κ2) is 7.04. The normalized spacial score (nSPS) is 18.7. The number of rotatable bonds is 5. The molecule has 3 nitrogen and oxygen atoms in total. The van der Waals surface area contributed by atoms with E-state index < -0.39 is 0 Å². The fourth-order valence-electron chi connectivity index (χ4n) is 2.89. The maximum Gasteiger partial charge on any atom is 0.0480 e. The average Bonchev–Trinajstić information content (AvgIpc) is 2.46. The predicted molar refractivity (Wildman–Crippen MR) is 79.5 cm³/mol. The number of likely N-dealkylation sites (N-methyl/N-ethyl adjacent to an activating group) is 2. The number of nitrogens with one attached hydrogen (secondary N) is 1. The van der Waals surface area contributed by atoms with Gasteiger partial charge in [0.1, 0.15) is 0 Å². The predicted octanol–water partition coefficient (Wildman–Crippen LogP) is 2.37. The van der Waals surface area contributed by atoms with Gasteiger partial charge in [-0.1, -0.05) is 24.3 Å². The van der Waals surface area contributed by atoms with Gasteiger partial charge in [-0.15, -0.1) is 0 Å². The Morgan fingerprint density at radius 2 is 2.00 bits per heavy atom. The molecule has 1 aromatic rings. The van der Waals surface area contributed by atoms with E-state index in [1.54, 1.807) is 0 Å². The lowest BCUT2D eigenvalue weighted by molar-refractivity contribution is 0.0403. The third kappa shape index (κ3) is 3.78. The van der Waals surface area contributed by atoms with Crippen LogP contribution in [0, 0.1) is 6.92 Å². The molecule has 0 saturated carbocycles. The molecular weight excluding hydrogens is 236 g/mol. The SMILES string of the molecule is CNC(CN(C)C1CCOCC1)c1ccccc1C. The zero-order valence-corrected chi connectivity index (χ0v) is 12.4. The van der Waals surface area contributed by atoms with E-state index in [0.717, 1.165) is 32.6 Å². The summed E-state index contributed by atoms with van der Waals surface area (Å²) in [6, 6.07) is 9.71. The van der Waals surface area contributed by atoms with Crippen LogP contribution in [0.5, 0.6) is 0 Å². The first-order valence-corrected chi connectivity index (χ1v) is 7.23. The largest absolute Gasteiger partial charge is 0.381 e. The van der Waals surface area contributed by atoms with Crippen LogP contribution in [-0.2, 0) is 4.74 Å². The van der Waals surface area contributed by atoms with E-state index >= 15 is 0 Å². The van der Waals surface area contributed by atoms with Gasteiger partial charge in [0.15, 0.2) is 0 Å². The van der Waals surface area contributed by atoms with Crippen molar-refractivity contribution >= 4 is 0 Å². The standard InChI is InChI=1S/C16H26N2O/c1-13-6-4-5-7-15(13)16(17-2)12-18(3)14-8-10-19-11-9-14/h4-7,14,16-17H,8-12H2,1-3H3. The van der Waals surface area contributed by atoms with Crippen molar-refractivity contribution in [2.75, 3.05) is 33.9 Å². The van der Waals surface area contributed by atoms with Crippen LogP contribution in [0.4, 0.5) is 0 Å². The molecule has 1 aromatic carbocycles. The van der Waals surface area contributed by atoms with Crippen molar-refractivity contribution in [3.63, 3.8) is 0 Å². The third-order valence-electron chi connectivity index (χ3n) is 4.20. The zero-order chi connectivity index (χ0) is 13.7. The molecule has 19 heavy (non-hydrogen) atoms. The molecule has 0 aromatic heterocycles. The minimum Gasteiger partial charge on any atom is -0.381 e. The molecule has 1 atom stereocenters. The van der Waals surface area contributed by atoms with Crippen LogP contribution in [0.2, 0.25) is 0 Å². The summed E-state index contributed by atoms with van der Waals surface area (Å²) in [4.78, 5) is 2.48. The molecule has 3 heteroatoms. The summed E-state index contributed by atoms with van der Waals surface area (Å²) in [5.41, 5.74) is 2.77. The van der Waals surface area contributed by atoms with Crippen LogP contribution in [0.15, 0.2) is 24.3 Å². The van der Waals surface area contributed by atoms with Crippen molar-refractivity contribution in [2.24, 2.45) is 0 Å². The Bertz CT molecular complexity index is 388. The Morgan fingerprint density at radius 1 is 1.32 bits per heavy atom. The smallest absolute Gasteiger partial charge is 0.0480 e. The first-order valence-electron chi connectivity index (χ1n) is 7.23. The van der Waals surface area contributed by atoms with Crippen LogP contribution in [0.1, 0.15) is 30.0 Å². The average molecular weight is 262 g/mol. The van der Waals surface area contributed by atoms with Crippen molar-refractivity contribution in [1.82, 2.24) is 10.2 Å². The molecule has 1 fully saturated rings. The summed E-state index contributed by atoms with van der Waals surface area (Å²) in [5, 5.41) is 3.46. The summed E-state index contributed by atoms with van der Waals surface area (Å²) >= 11 is 0. The molecule has 0 bridgehead atoms. The van der Waals surface area contributed by atoms with Gasteiger partial charge in [-0.05, 0) is 45.0 Å². The second-order valence-corrected chi connectivity index (χ2v) is 5.48. The maximum absolute atomic E-state index is 5.44. The first kappa shape index (κ1) is 14.5. The van der Waals surface area contributed by atoms with Gasteiger partial charge < -0.3 is 15.0 Å². The lowest BCUT2D eigenvalue weighted by Gasteiger charge is -2.34. The van der Waals surface area contributed by atoms with Gasteiger partial charge in [-0.2, -0.15) is 0 Å². The molecule has 1 aliphatic heterocycles. The van der Waals surface area contributed by atoms with Crippen LogP contribution >= 0.6 is 0 Å². The van der Waals surface area contributed by atoms with Crippen molar-refractivity contribution in [2.45, 2.75) is 31.8 Å². The number of hydrogen-bond acceptors (Lipinski definition) is 3. The van der Waals surface area contributed by atoms with Crippen molar-refractivity contribution < 1.29 is 4.74 Å². The van der Waals surface area contributed by atoms with E-state index in [1.807, 2.05) is 0 Å². The number of hydrogen-bond donors (Lipinski definition) is 1. The Labute approximate surface area is 116 Å². The summed E-state index contributed by atoms with van der Waals surface area (Å²) in [5.74, 6) is 0. The molecule has 0 radical (unpaired) electrons. The molecule has 0 amide bonds. The van der Waals surface area contributed by atoms with Crippen LogP contribution in [0.3, 0.4) is 0 Å². The quantitative estimate of drug-likeness (QED) is 0.881. The zero-order valence-electron chi connectivity index (χ0n) is 12.4. The van der Waals surface area contributed by atoms with Gasteiger partial charge in [0.25, 0.3) is 0 Å². The number of benzene rings is 1. The van der Waals surface area contributed by atoms with E-state index in [0.29, 0.717) is 12.1 Å². The van der Waals surface area contributed by atoms with Gasteiger partial charge in [-0.25, -0.2) is 0 Å². The van der Waals surface area contributed by atoms with E-state index in [-0.39, 0.29) is 0 Å². The van der Waals surface area contributed by atoms with E-state index in [4.69, 9.17) is 4.74 Å². The van der Waals surface area contributed by atoms with Gasteiger partial charge in [0.2, 0.25) is 0 Å². The van der Waals surface area contributed by atoms with Crippen LogP contribution in [-0.4, -0.2) is 44.8 Å². The van der Waals surface area contributed by atoms with Crippen LogP contribution in [0.25, 0.3) is 0 Å². The molecule has 1 heterocycles. The number of nitrogens with zero attached hydrogens (tertiary/aromatic N) is 1. The molecular formula is C16H26N2O. The Hall–Kier alpha value is -0.900. The lowest BCUT2D eigenvalue weighted by Crippen LogP contribution is -2.41. The summed E-state index contributed by atoms with van der Waals surface area (Å²) < 4.78 is 5.44. The van der Waals surface area contributed by atoms with E-state index in [1.165, 1.54) is 11.1 Å². The molecule has 0 spiro atoms. The highest BCUT2D eigenvalue weighted by Gasteiger charge is 2.21. The highest BCUT2D eigenvalue weighted by Crippen LogP contribution is 2.21. The monoisotopic (exact) mass is 262 g/mol. The molecule has 1 unspecified atom stereocenters. The molecule has 1 aliphatic rings. The van der Waals surface area contributed by atoms with Gasteiger partial charge >= 0.3 is 0 Å². The Balaban J connectivity index is 2.00. The van der Waals surface area contributed by atoms with Crippen LogP contribution < -0.4 is 5.32 Å². The Kier molecular flexibility index (Phi) is 5.37. The van der Waals surface area contributed by atoms with Crippen molar-refractivity contribution in [3.05, 3.63) is 35.4 Å². The molecule has 1 N–H and O–H groups in total. The summed E-state index contributed by atoms with van der Waals surface area (Å²) in [6.07, 6.45) is 2.31. The lowest BCUT2D eigenvalue weighted by atomic mass is 9.99. The number of aryl methyl sites for hydroxylation is 1. The maximum atomic E-state index is 5.44. The fourth-order valence-corrected chi connectivity index (χ4v) is 2.89. The van der Waals surface area contributed by atoms with Crippen molar-refractivity contribution in [1.29, 1.82) is 0 Å². The first-order chi connectivity index (χ1) is 9.22. The fraction of sp³-hybridized carbons (Fsp3) is 0.625. The minimum absolute atomic E-state index is 0.397. The topological polar surface area (TPSA) is 24.5 Å². The number of ether oxygens (including phenoxy) is 1. The summed E-state index contributed by atoms with van der Waals surface area (Å²) in [6.45, 7) is 5.05. The molecule has 2 rings (SSSR count). The van der Waals surface area contributed by atoms with Gasteiger partial charge in [0, 0.05) is 31.8 Å². The second-order valence-electron chi connectivity index (χ2n) is 5.48. The van der Waals surface area contributed by atoms with Gasteiger partial charge in [-0.3, -0.25) is 0 Å². The van der Waals surface area contributed by atoms with E-state index in [2.05, 4.69) is 55.5 Å². The van der Waals surface area contributed by atoms with Gasteiger partial charge in [0.05, 0.1) is 0 Å². The highest BCUT2D eigenvalue weighted by atomic mass is 16.5. The Morgan fingerprint density at radius 3 is 2.63 bits per heavy atom. The molecule has 1 saturated heterocycles. The third-order valence-corrected chi connectivity index (χ3v) is 4.20. The minimum atomic E-state index is 0.397. The summed E-state index contributed by atoms with van der Waals surface area (Å²) in [7, 11) is 4.29. The molecule has 106 valence electrons. The molecule has 0 aliphatic carbocycles. The van der Waals surface area contributed by atoms with E-state index in [9.17, 15) is 0 Å².